The lowest BCUT2D eigenvalue weighted by Crippen LogP contribution is -2.42. The van der Waals surface area contributed by atoms with Gasteiger partial charge in [-0.1, -0.05) is 12.5 Å². The number of halogens is 1. The number of piperidine rings is 1. The summed E-state index contributed by atoms with van der Waals surface area (Å²) in [5.74, 6) is -0.528. The molecule has 128 valence electrons. The van der Waals surface area contributed by atoms with Crippen LogP contribution in [0.25, 0.3) is 5.69 Å². The molecular weight excluding hydrogens is 307 g/mol. The molecule has 6 heteroatoms. The summed E-state index contributed by atoms with van der Waals surface area (Å²) in [4.78, 5) is 14.6. The minimum Gasteiger partial charge on any atom is -0.349 e. The van der Waals surface area contributed by atoms with Crippen LogP contribution in [0, 0.1) is 5.82 Å². The average Bonchev–Trinajstić information content (AvgIpc) is 3.07. The van der Waals surface area contributed by atoms with Gasteiger partial charge in [-0.05, 0) is 50.6 Å². The second kappa shape index (κ2) is 7.57. The van der Waals surface area contributed by atoms with Gasteiger partial charge in [-0.25, -0.2) is 9.07 Å². The number of carbonyl (C=O) groups is 1. The molecule has 0 saturated carbocycles. The van der Waals surface area contributed by atoms with Gasteiger partial charge >= 0.3 is 0 Å². The first-order valence-electron chi connectivity index (χ1n) is 8.47. The molecule has 5 nitrogen and oxygen atoms in total. The Labute approximate surface area is 141 Å². The van der Waals surface area contributed by atoms with Gasteiger partial charge in [-0.2, -0.15) is 5.10 Å². The molecule has 1 N–H and O–H groups in total. The predicted octanol–water partition coefficient (Wildman–Crippen LogP) is 2.62. The molecule has 0 aliphatic carbocycles. The van der Waals surface area contributed by atoms with Crippen molar-refractivity contribution in [2.75, 3.05) is 19.6 Å². The van der Waals surface area contributed by atoms with E-state index in [4.69, 9.17) is 0 Å². The lowest BCUT2D eigenvalue weighted by Gasteiger charge is -2.33. The standard InChI is InChI=1S/C18H23FN4O/c1-14-5-2-3-10-22(14)12-9-20-18(24)17-8-11-23(21-17)16-7-4-6-15(19)13-16/h4,6-8,11,13-14H,2-3,5,9-10,12H2,1H3,(H,20,24)/t14-/m1/s1. The van der Waals surface area contributed by atoms with Crippen molar-refractivity contribution in [3.63, 3.8) is 0 Å². The molecule has 1 aromatic carbocycles. The molecule has 0 radical (unpaired) electrons. The van der Waals surface area contributed by atoms with Crippen LogP contribution in [0.2, 0.25) is 0 Å². The van der Waals surface area contributed by atoms with Crippen molar-refractivity contribution in [1.29, 1.82) is 0 Å². The summed E-state index contributed by atoms with van der Waals surface area (Å²) in [5.41, 5.74) is 0.933. The summed E-state index contributed by atoms with van der Waals surface area (Å²) in [6.45, 7) is 4.81. The quantitative estimate of drug-likeness (QED) is 0.917. The number of nitrogens with zero attached hydrogens (tertiary/aromatic N) is 3. The van der Waals surface area contributed by atoms with Gasteiger partial charge in [0.25, 0.3) is 5.91 Å². The molecule has 1 aromatic heterocycles. The van der Waals surface area contributed by atoms with Gasteiger partial charge in [0, 0.05) is 25.3 Å². The molecule has 2 heterocycles. The average molecular weight is 330 g/mol. The fourth-order valence-electron chi connectivity index (χ4n) is 3.10. The number of hydrogen-bond acceptors (Lipinski definition) is 3. The third-order valence-electron chi connectivity index (χ3n) is 4.52. The highest BCUT2D eigenvalue weighted by molar-refractivity contribution is 5.92. The van der Waals surface area contributed by atoms with Crippen LogP contribution in [0.15, 0.2) is 36.5 Å². The number of likely N-dealkylation sites (tertiary alicyclic amines) is 1. The van der Waals surface area contributed by atoms with Gasteiger partial charge in [0.15, 0.2) is 5.69 Å². The van der Waals surface area contributed by atoms with Crippen molar-refractivity contribution in [3.05, 3.63) is 48.0 Å². The third-order valence-corrected chi connectivity index (χ3v) is 4.52. The molecule has 2 aromatic rings. The summed E-state index contributed by atoms with van der Waals surface area (Å²) < 4.78 is 14.8. The smallest absolute Gasteiger partial charge is 0.271 e. The Bertz CT molecular complexity index is 700. The first kappa shape index (κ1) is 16.6. The fourth-order valence-corrected chi connectivity index (χ4v) is 3.10. The summed E-state index contributed by atoms with van der Waals surface area (Å²) in [6.07, 6.45) is 5.42. The van der Waals surface area contributed by atoms with Gasteiger partial charge in [-0.15, -0.1) is 0 Å². The van der Waals surface area contributed by atoms with Crippen molar-refractivity contribution >= 4 is 5.91 Å². The number of hydrogen-bond donors (Lipinski definition) is 1. The molecule has 1 aliphatic rings. The van der Waals surface area contributed by atoms with E-state index < -0.39 is 0 Å². The lowest BCUT2D eigenvalue weighted by molar-refractivity contribution is 0.0933. The zero-order chi connectivity index (χ0) is 16.9. The van der Waals surface area contributed by atoms with Crippen LogP contribution in [0.4, 0.5) is 4.39 Å². The second-order valence-electron chi connectivity index (χ2n) is 6.26. The molecular formula is C18H23FN4O. The summed E-state index contributed by atoms with van der Waals surface area (Å²) in [6, 6.07) is 8.35. The number of rotatable bonds is 5. The Morgan fingerprint density at radius 2 is 2.25 bits per heavy atom. The molecule has 0 spiro atoms. The molecule has 1 fully saturated rings. The fraction of sp³-hybridized carbons (Fsp3) is 0.444. The number of benzene rings is 1. The first-order chi connectivity index (χ1) is 11.6. The van der Waals surface area contributed by atoms with E-state index >= 15 is 0 Å². The zero-order valence-corrected chi connectivity index (χ0v) is 13.9. The number of aromatic nitrogens is 2. The van der Waals surface area contributed by atoms with Crippen LogP contribution in [-0.2, 0) is 0 Å². The SMILES string of the molecule is C[C@@H]1CCCCN1CCNC(=O)c1ccn(-c2cccc(F)c2)n1. The summed E-state index contributed by atoms with van der Waals surface area (Å²) in [5, 5.41) is 7.14. The summed E-state index contributed by atoms with van der Waals surface area (Å²) >= 11 is 0. The van der Waals surface area contributed by atoms with Gasteiger partial charge in [0.2, 0.25) is 0 Å². The van der Waals surface area contributed by atoms with E-state index in [9.17, 15) is 9.18 Å². The van der Waals surface area contributed by atoms with Crippen LogP contribution in [-0.4, -0.2) is 46.3 Å². The van der Waals surface area contributed by atoms with Crippen molar-refractivity contribution in [2.45, 2.75) is 32.2 Å². The molecule has 1 amide bonds. The Morgan fingerprint density at radius 3 is 3.04 bits per heavy atom. The number of amides is 1. The zero-order valence-electron chi connectivity index (χ0n) is 13.9. The van der Waals surface area contributed by atoms with E-state index in [1.165, 1.54) is 36.1 Å². The highest BCUT2D eigenvalue weighted by Gasteiger charge is 2.18. The monoisotopic (exact) mass is 330 g/mol. The maximum absolute atomic E-state index is 13.3. The molecule has 1 aliphatic heterocycles. The van der Waals surface area contributed by atoms with Crippen LogP contribution in [0.3, 0.4) is 0 Å². The maximum atomic E-state index is 13.3. The Morgan fingerprint density at radius 1 is 1.38 bits per heavy atom. The molecule has 1 atom stereocenters. The van der Waals surface area contributed by atoms with E-state index in [2.05, 4.69) is 22.2 Å². The lowest BCUT2D eigenvalue weighted by atomic mass is 10.0. The summed E-state index contributed by atoms with van der Waals surface area (Å²) in [7, 11) is 0. The molecule has 0 bridgehead atoms. The molecule has 24 heavy (non-hydrogen) atoms. The number of carbonyl (C=O) groups excluding carboxylic acids is 1. The van der Waals surface area contributed by atoms with Crippen LogP contribution < -0.4 is 5.32 Å². The minimum atomic E-state index is -0.329. The van der Waals surface area contributed by atoms with E-state index in [0.717, 1.165) is 13.1 Å². The van der Waals surface area contributed by atoms with E-state index in [0.29, 0.717) is 24.0 Å². The van der Waals surface area contributed by atoms with E-state index in [1.54, 1.807) is 24.4 Å². The topological polar surface area (TPSA) is 50.2 Å². The predicted molar refractivity (Wildman–Crippen MR) is 90.7 cm³/mol. The van der Waals surface area contributed by atoms with Crippen molar-refractivity contribution in [1.82, 2.24) is 20.0 Å². The largest absolute Gasteiger partial charge is 0.349 e. The Balaban J connectivity index is 1.54. The first-order valence-corrected chi connectivity index (χ1v) is 8.47. The van der Waals surface area contributed by atoms with Crippen LogP contribution >= 0.6 is 0 Å². The third kappa shape index (κ3) is 4.00. The molecule has 0 unspecified atom stereocenters. The Kier molecular flexibility index (Phi) is 5.25. The van der Waals surface area contributed by atoms with Crippen molar-refractivity contribution in [2.24, 2.45) is 0 Å². The van der Waals surface area contributed by atoms with Crippen molar-refractivity contribution < 1.29 is 9.18 Å². The highest BCUT2D eigenvalue weighted by Crippen LogP contribution is 2.15. The van der Waals surface area contributed by atoms with E-state index in [-0.39, 0.29) is 11.7 Å². The van der Waals surface area contributed by atoms with Crippen molar-refractivity contribution in [3.8, 4) is 5.69 Å². The number of nitrogens with one attached hydrogen (secondary N) is 1. The van der Waals surface area contributed by atoms with E-state index in [1.807, 2.05) is 0 Å². The van der Waals surface area contributed by atoms with Crippen LogP contribution in [0.1, 0.15) is 36.7 Å². The maximum Gasteiger partial charge on any atom is 0.271 e. The van der Waals surface area contributed by atoms with Gasteiger partial charge in [0.1, 0.15) is 5.82 Å². The normalized spacial score (nSPS) is 18.5. The van der Waals surface area contributed by atoms with Gasteiger partial charge in [0.05, 0.1) is 5.69 Å². The Hall–Kier alpha value is -2.21. The van der Waals surface area contributed by atoms with Crippen LogP contribution in [0.5, 0.6) is 0 Å². The molecule has 1 saturated heterocycles. The highest BCUT2D eigenvalue weighted by atomic mass is 19.1. The molecule has 3 rings (SSSR count). The van der Waals surface area contributed by atoms with Gasteiger partial charge < -0.3 is 5.32 Å². The minimum absolute atomic E-state index is 0.199. The van der Waals surface area contributed by atoms with Gasteiger partial charge in [-0.3, -0.25) is 9.69 Å². The second-order valence-corrected chi connectivity index (χ2v) is 6.26.